The second-order valence-corrected chi connectivity index (χ2v) is 7.46. The van der Waals surface area contributed by atoms with Crippen LogP contribution in [0.5, 0.6) is 5.75 Å². The number of fused-ring (bicyclic) bond motifs is 1. The van der Waals surface area contributed by atoms with Crippen LogP contribution in [0.3, 0.4) is 0 Å². The van der Waals surface area contributed by atoms with E-state index in [4.69, 9.17) is 4.74 Å². The number of ketones is 1. The molecule has 2 heterocycles. The average Bonchev–Trinajstić information content (AvgIpc) is 3.34. The van der Waals surface area contributed by atoms with Gasteiger partial charge in [0.15, 0.2) is 10.9 Å². The van der Waals surface area contributed by atoms with Gasteiger partial charge in [0.2, 0.25) is 0 Å². The van der Waals surface area contributed by atoms with Crippen molar-refractivity contribution in [2.75, 3.05) is 7.11 Å². The SMILES string of the molecule is COc1ccc(-n2ccnc2SC(C)C(=O)c2c[nH]c3ccccc23)cc1. The molecule has 2 aromatic carbocycles. The minimum absolute atomic E-state index is 0.0849. The number of nitrogens with zero attached hydrogens (tertiary/aromatic N) is 2. The predicted octanol–water partition coefficient (Wildman–Crippen LogP) is 4.73. The molecule has 4 rings (SSSR count). The molecular formula is C21H19N3O2S. The van der Waals surface area contributed by atoms with Gasteiger partial charge >= 0.3 is 0 Å². The first-order chi connectivity index (χ1) is 13.2. The van der Waals surface area contributed by atoms with E-state index >= 15 is 0 Å². The number of imidazole rings is 1. The van der Waals surface area contributed by atoms with Crippen LogP contribution in [0.4, 0.5) is 0 Å². The first-order valence-electron chi connectivity index (χ1n) is 8.62. The molecule has 136 valence electrons. The number of carbonyl (C=O) groups excluding carboxylic acids is 1. The molecule has 1 unspecified atom stereocenters. The minimum atomic E-state index is -0.261. The number of para-hydroxylation sites is 1. The highest BCUT2D eigenvalue weighted by Crippen LogP contribution is 2.29. The van der Waals surface area contributed by atoms with E-state index < -0.39 is 0 Å². The van der Waals surface area contributed by atoms with Crippen LogP contribution in [-0.4, -0.2) is 32.7 Å². The summed E-state index contributed by atoms with van der Waals surface area (Å²) < 4.78 is 7.19. The lowest BCUT2D eigenvalue weighted by molar-refractivity contribution is 0.0995. The molecule has 0 saturated heterocycles. The fourth-order valence-electron chi connectivity index (χ4n) is 3.02. The fraction of sp³-hybridized carbons (Fsp3) is 0.143. The zero-order valence-corrected chi connectivity index (χ0v) is 15.9. The van der Waals surface area contributed by atoms with E-state index in [-0.39, 0.29) is 11.0 Å². The molecule has 0 bridgehead atoms. The Morgan fingerprint density at radius 3 is 2.74 bits per heavy atom. The molecule has 2 aromatic heterocycles. The van der Waals surface area contributed by atoms with Gasteiger partial charge in [0, 0.05) is 40.7 Å². The van der Waals surface area contributed by atoms with Crippen LogP contribution in [0.25, 0.3) is 16.6 Å². The van der Waals surface area contributed by atoms with Crippen molar-refractivity contribution in [1.82, 2.24) is 14.5 Å². The molecule has 1 atom stereocenters. The number of Topliss-reactive ketones (excluding diaryl/α,β-unsaturated/α-hetero) is 1. The molecule has 5 nitrogen and oxygen atoms in total. The number of thioether (sulfide) groups is 1. The number of carbonyl (C=O) groups is 1. The maximum absolute atomic E-state index is 13.0. The zero-order valence-electron chi connectivity index (χ0n) is 15.0. The van der Waals surface area contributed by atoms with Crippen LogP contribution in [0.2, 0.25) is 0 Å². The van der Waals surface area contributed by atoms with Crippen LogP contribution >= 0.6 is 11.8 Å². The van der Waals surface area contributed by atoms with E-state index in [1.165, 1.54) is 11.8 Å². The Morgan fingerprint density at radius 1 is 1.19 bits per heavy atom. The van der Waals surface area contributed by atoms with E-state index in [1.807, 2.05) is 66.2 Å². The Hall–Kier alpha value is -2.99. The van der Waals surface area contributed by atoms with Gasteiger partial charge in [0.1, 0.15) is 5.75 Å². The quantitative estimate of drug-likeness (QED) is 0.390. The van der Waals surface area contributed by atoms with Gasteiger partial charge in [-0.1, -0.05) is 30.0 Å². The summed E-state index contributed by atoms with van der Waals surface area (Å²) in [4.78, 5) is 20.6. The van der Waals surface area contributed by atoms with Crippen molar-refractivity contribution in [3.05, 3.63) is 72.7 Å². The third-order valence-corrected chi connectivity index (χ3v) is 5.54. The second kappa shape index (κ2) is 7.32. The van der Waals surface area contributed by atoms with Gasteiger partial charge in [0.05, 0.1) is 12.4 Å². The van der Waals surface area contributed by atoms with Crippen molar-refractivity contribution in [2.45, 2.75) is 17.3 Å². The number of methoxy groups -OCH3 is 1. The van der Waals surface area contributed by atoms with E-state index in [2.05, 4.69) is 9.97 Å². The average molecular weight is 377 g/mol. The minimum Gasteiger partial charge on any atom is -0.497 e. The predicted molar refractivity (Wildman–Crippen MR) is 108 cm³/mol. The summed E-state index contributed by atoms with van der Waals surface area (Å²) >= 11 is 1.45. The largest absolute Gasteiger partial charge is 0.497 e. The number of aromatic nitrogens is 3. The Kier molecular flexibility index (Phi) is 4.73. The number of nitrogens with one attached hydrogen (secondary N) is 1. The zero-order chi connectivity index (χ0) is 18.8. The first-order valence-corrected chi connectivity index (χ1v) is 9.50. The third-order valence-electron chi connectivity index (χ3n) is 4.46. The number of benzene rings is 2. The summed E-state index contributed by atoms with van der Waals surface area (Å²) in [7, 11) is 1.64. The molecule has 0 saturated carbocycles. The van der Waals surface area contributed by atoms with Crippen LogP contribution in [0.15, 0.2) is 72.3 Å². The summed E-state index contributed by atoms with van der Waals surface area (Å²) in [5.74, 6) is 0.887. The molecular weight excluding hydrogens is 358 g/mol. The summed E-state index contributed by atoms with van der Waals surface area (Å²) in [6.07, 6.45) is 5.43. The number of rotatable bonds is 6. The van der Waals surface area contributed by atoms with E-state index in [0.717, 1.165) is 27.5 Å². The van der Waals surface area contributed by atoms with Crippen molar-refractivity contribution in [3.63, 3.8) is 0 Å². The highest BCUT2D eigenvalue weighted by Gasteiger charge is 2.21. The summed E-state index contributed by atoms with van der Waals surface area (Å²) in [6, 6.07) is 15.6. The summed E-state index contributed by atoms with van der Waals surface area (Å²) in [5, 5.41) is 1.47. The van der Waals surface area contributed by atoms with Crippen LogP contribution in [-0.2, 0) is 0 Å². The molecule has 0 amide bonds. The summed E-state index contributed by atoms with van der Waals surface area (Å²) in [5.41, 5.74) is 2.66. The highest BCUT2D eigenvalue weighted by atomic mass is 32.2. The summed E-state index contributed by atoms with van der Waals surface area (Å²) in [6.45, 7) is 1.92. The van der Waals surface area contributed by atoms with Crippen molar-refractivity contribution in [2.24, 2.45) is 0 Å². The van der Waals surface area contributed by atoms with Gasteiger partial charge in [-0.15, -0.1) is 0 Å². The Labute approximate surface area is 161 Å². The van der Waals surface area contributed by atoms with Crippen LogP contribution in [0.1, 0.15) is 17.3 Å². The van der Waals surface area contributed by atoms with Crippen LogP contribution in [0, 0.1) is 0 Å². The molecule has 4 aromatic rings. The normalized spacial score (nSPS) is 12.2. The van der Waals surface area contributed by atoms with Gasteiger partial charge in [0.25, 0.3) is 0 Å². The second-order valence-electron chi connectivity index (χ2n) is 6.15. The smallest absolute Gasteiger partial charge is 0.178 e. The molecule has 1 N–H and O–H groups in total. The van der Waals surface area contributed by atoms with E-state index in [1.54, 1.807) is 19.5 Å². The lowest BCUT2D eigenvalue weighted by Crippen LogP contribution is -2.14. The fourth-order valence-corrected chi connectivity index (χ4v) is 3.97. The van der Waals surface area contributed by atoms with Gasteiger partial charge in [-0.2, -0.15) is 0 Å². The molecule has 0 fully saturated rings. The number of hydrogen-bond acceptors (Lipinski definition) is 4. The Bertz CT molecular complexity index is 1080. The van der Waals surface area contributed by atoms with E-state index in [0.29, 0.717) is 5.56 Å². The monoisotopic (exact) mass is 377 g/mol. The molecule has 27 heavy (non-hydrogen) atoms. The topological polar surface area (TPSA) is 59.9 Å². The number of aromatic amines is 1. The number of hydrogen-bond donors (Lipinski definition) is 1. The van der Waals surface area contributed by atoms with Crippen molar-refractivity contribution in [3.8, 4) is 11.4 Å². The van der Waals surface area contributed by atoms with Crippen molar-refractivity contribution >= 4 is 28.4 Å². The first kappa shape index (κ1) is 17.4. The number of H-pyrrole nitrogens is 1. The lowest BCUT2D eigenvalue weighted by atomic mass is 10.1. The molecule has 0 aliphatic heterocycles. The van der Waals surface area contributed by atoms with Crippen molar-refractivity contribution in [1.29, 1.82) is 0 Å². The highest BCUT2D eigenvalue weighted by molar-refractivity contribution is 8.00. The third kappa shape index (κ3) is 3.36. The molecule has 0 aliphatic rings. The van der Waals surface area contributed by atoms with Gasteiger partial charge in [-0.25, -0.2) is 4.98 Å². The Balaban J connectivity index is 1.57. The van der Waals surface area contributed by atoms with Gasteiger partial charge in [-0.05, 0) is 37.3 Å². The van der Waals surface area contributed by atoms with Crippen LogP contribution < -0.4 is 4.74 Å². The Morgan fingerprint density at radius 2 is 1.96 bits per heavy atom. The maximum atomic E-state index is 13.0. The lowest BCUT2D eigenvalue weighted by Gasteiger charge is -2.12. The molecule has 0 aliphatic carbocycles. The molecule has 0 radical (unpaired) electrons. The van der Waals surface area contributed by atoms with Gasteiger partial charge in [-0.3, -0.25) is 9.36 Å². The van der Waals surface area contributed by atoms with Gasteiger partial charge < -0.3 is 9.72 Å². The molecule has 0 spiro atoms. The van der Waals surface area contributed by atoms with Crippen molar-refractivity contribution < 1.29 is 9.53 Å². The number of ether oxygens (including phenoxy) is 1. The van der Waals surface area contributed by atoms with E-state index in [9.17, 15) is 4.79 Å². The maximum Gasteiger partial charge on any atom is 0.178 e. The standard InChI is InChI=1S/C21H19N3O2S/c1-14(20(25)18-13-23-19-6-4-3-5-17(18)19)27-21-22-11-12-24(21)15-7-9-16(26-2)10-8-15/h3-14,23H,1-2H3. The molecule has 6 heteroatoms.